The highest BCUT2D eigenvalue weighted by Crippen LogP contribution is 2.06. The van der Waals surface area contributed by atoms with E-state index in [9.17, 15) is 4.79 Å². The first-order valence-corrected chi connectivity index (χ1v) is 7.44. The molecule has 0 radical (unpaired) electrons. The molecule has 0 aromatic heterocycles. The third-order valence-corrected chi connectivity index (χ3v) is 3.89. The summed E-state index contributed by atoms with van der Waals surface area (Å²) in [6.07, 6.45) is 2.16. The number of carbonyl (C=O) groups is 1. The molecule has 1 saturated heterocycles. The van der Waals surface area contributed by atoms with Gasteiger partial charge in [-0.1, -0.05) is 30.3 Å². The Bertz CT molecular complexity index is 400. The number of carboxylic acid groups (broad SMARTS) is 1. The lowest BCUT2D eigenvalue weighted by molar-refractivity contribution is -0.137. The Kier molecular flexibility index (Phi) is 6.02. The van der Waals surface area contributed by atoms with Crippen molar-refractivity contribution >= 4 is 5.97 Å². The molecular weight excluding hydrogens is 252 g/mol. The van der Waals surface area contributed by atoms with Crippen LogP contribution in [0.2, 0.25) is 0 Å². The van der Waals surface area contributed by atoms with Gasteiger partial charge in [0.05, 0.1) is 0 Å². The predicted molar refractivity (Wildman–Crippen MR) is 79.9 cm³/mol. The molecule has 1 aliphatic rings. The maximum absolute atomic E-state index is 10.5. The van der Waals surface area contributed by atoms with E-state index in [2.05, 4.69) is 40.1 Å². The SMILES string of the molecule is O=C(O)CCCN1CCN(CCc2ccccc2)CC1. The summed E-state index contributed by atoms with van der Waals surface area (Å²) in [4.78, 5) is 15.4. The zero-order valence-corrected chi connectivity index (χ0v) is 12.0. The van der Waals surface area contributed by atoms with Crippen molar-refractivity contribution in [1.29, 1.82) is 0 Å². The van der Waals surface area contributed by atoms with Gasteiger partial charge in [0.2, 0.25) is 0 Å². The highest BCUT2D eigenvalue weighted by molar-refractivity contribution is 5.66. The van der Waals surface area contributed by atoms with E-state index in [1.165, 1.54) is 5.56 Å². The molecule has 0 bridgehead atoms. The van der Waals surface area contributed by atoms with Gasteiger partial charge >= 0.3 is 5.97 Å². The first-order chi connectivity index (χ1) is 9.74. The minimum absolute atomic E-state index is 0.286. The summed E-state index contributed by atoms with van der Waals surface area (Å²) in [7, 11) is 0. The van der Waals surface area contributed by atoms with Crippen molar-refractivity contribution in [1.82, 2.24) is 9.80 Å². The summed E-state index contributed by atoms with van der Waals surface area (Å²) in [6.45, 7) is 6.36. The second-order valence-electron chi connectivity index (χ2n) is 5.42. The fraction of sp³-hybridized carbons (Fsp3) is 0.562. The van der Waals surface area contributed by atoms with Gasteiger partial charge in [-0.15, -0.1) is 0 Å². The van der Waals surface area contributed by atoms with Gasteiger partial charge in [0.1, 0.15) is 0 Å². The second-order valence-corrected chi connectivity index (χ2v) is 5.42. The van der Waals surface area contributed by atoms with Crippen LogP contribution in [0.15, 0.2) is 30.3 Å². The topological polar surface area (TPSA) is 43.8 Å². The number of nitrogens with zero attached hydrogens (tertiary/aromatic N) is 2. The third kappa shape index (κ3) is 5.31. The lowest BCUT2D eigenvalue weighted by atomic mass is 10.1. The molecule has 20 heavy (non-hydrogen) atoms. The molecule has 0 spiro atoms. The van der Waals surface area contributed by atoms with E-state index < -0.39 is 5.97 Å². The number of hydrogen-bond acceptors (Lipinski definition) is 3. The standard InChI is InChI=1S/C16H24N2O2/c19-16(20)7-4-9-17-11-13-18(14-12-17)10-8-15-5-2-1-3-6-15/h1-3,5-6H,4,7-14H2,(H,19,20). The van der Waals surface area contributed by atoms with Crippen LogP contribution in [0.1, 0.15) is 18.4 Å². The quantitative estimate of drug-likeness (QED) is 0.823. The van der Waals surface area contributed by atoms with Gasteiger partial charge in [0, 0.05) is 39.1 Å². The predicted octanol–water partition coefficient (Wildman–Crippen LogP) is 1.71. The van der Waals surface area contributed by atoms with Crippen molar-refractivity contribution in [3.63, 3.8) is 0 Å². The van der Waals surface area contributed by atoms with Crippen LogP contribution in [0.3, 0.4) is 0 Å². The van der Waals surface area contributed by atoms with Crippen LogP contribution >= 0.6 is 0 Å². The van der Waals surface area contributed by atoms with Crippen LogP contribution in [-0.4, -0.2) is 60.1 Å². The Morgan fingerprint density at radius 3 is 2.20 bits per heavy atom. The van der Waals surface area contributed by atoms with Gasteiger partial charge in [-0.3, -0.25) is 4.79 Å². The molecule has 1 aromatic rings. The Balaban J connectivity index is 1.61. The number of hydrogen-bond donors (Lipinski definition) is 1. The first kappa shape index (κ1) is 15.0. The maximum atomic E-state index is 10.5. The van der Waals surface area contributed by atoms with Crippen LogP contribution in [0, 0.1) is 0 Å². The molecule has 1 heterocycles. The summed E-state index contributed by atoms with van der Waals surface area (Å²) >= 11 is 0. The molecule has 1 fully saturated rings. The Hall–Kier alpha value is -1.39. The lowest BCUT2D eigenvalue weighted by Gasteiger charge is -2.34. The molecule has 4 heteroatoms. The minimum Gasteiger partial charge on any atom is -0.481 e. The highest BCUT2D eigenvalue weighted by Gasteiger charge is 2.16. The van der Waals surface area contributed by atoms with E-state index in [0.29, 0.717) is 0 Å². The van der Waals surface area contributed by atoms with Gasteiger partial charge in [0.15, 0.2) is 0 Å². The Morgan fingerprint density at radius 2 is 1.60 bits per heavy atom. The number of aliphatic carboxylic acids is 1. The zero-order chi connectivity index (χ0) is 14.2. The van der Waals surface area contributed by atoms with Crippen LogP contribution in [-0.2, 0) is 11.2 Å². The van der Waals surface area contributed by atoms with Gasteiger partial charge in [-0.2, -0.15) is 0 Å². The summed E-state index contributed by atoms with van der Waals surface area (Å²) in [5.41, 5.74) is 1.40. The third-order valence-electron chi connectivity index (χ3n) is 3.89. The second kappa shape index (κ2) is 8.02. The average Bonchev–Trinajstić information content (AvgIpc) is 2.47. The van der Waals surface area contributed by atoms with Gasteiger partial charge in [0.25, 0.3) is 0 Å². The molecule has 2 rings (SSSR count). The van der Waals surface area contributed by atoms with Crippen LogP contribution < -0.4 is 0 Å². The number of benzene rings is 1. The van der Waals surface area contributed by atoms with E-state index in [1.807, 2.05) is 0 Å². The van der Waals surface area contributed by atoms with Crippen molar-refractivity contribution in [3.8, 4) is 0 Å². The molecule has 1 aromatic carbocycles. The van der Waals surface area contributed by atoms with E-state index in [1.54, 1.807) is 0 Å². The van der Waals surface area contributed by atoms with Gasteiger partial charge < -0.3 is 14.9 Å². The lowest BCUT2D eigenvalue weighted by Crippen LogP contribution is -2.47. The van der Waals surface area contributed by atoms with E-state index >= 15 is 0 Å². The molecule has 0 amide bonds. The van der Waals surface area contributed by atoms with Crippen LogP contribution in [0.4, 0.5) is 0 Å². The first-order valence-electron chi connectivity index (χ1n) is 7.44. The summed E-state index contributed by atoms with van der Waals surface area (Å²) in [6, 6.07) is 10.6. The highest BCUT2D eigenvalue weighted by atomic mass is 16.4. The fourth-order valence-electron chi connectivity index (χ4n) is 2.62. The largest absolute Gasteiger partial charge is 0.481 e. The van der Waals surface area contributed by atoms with Crippen LogP contribution in [0.25, 0.3) is 0 Å². The normalized spacial score (nSPS) is 17.2. The van der Waals surface area contributed by atoms with Crippen molar-refractivity contribution in [2.24, 2.45) is 0 Å². The van der Waals surface area contributed by atoms with Crippen molar-refractivity contribution < 1.29 is 9.90 Å². The summed E-state index contributed by atoms with van der Waals surface area (Å²) in [5, 5.41) is 8.64. The van der Waals surface area contributed by atoms with E-state index in [0.717, 1.165) is 52.1 Å². The number of rotatable bonds is 7. The monoisotopic (exact) mass is 276 g/mol. The molecule has 0 saturated carbocycles. The molecule has 0 atom stereocenters. The number of piperazine rings is 1. The van der Waals surface area contributed by atoms with Gasteiger partial charge in [-0.05, 0) is 24.9 Å². The smallest absolute Gasteiger partial charge is 0.303 e. The fourth-order valence-corrected chi connectivity index (χ4v) is 2.62. The van der Waals surface area contributed by atoms with E-state index in [4.69, 9.17) is 5.11 Å². The van der Waals surface area contributed by atoms with Gasteiger partial charge in [-0.25, -0.2) is 0 Å². The summed E-state index contributed by atoms with van der Waals surface area (Å²) in [5.74, 6) is -0.688. The molecule has 0 unspecified atom stereocenters. The Labute approximate surface area is 121 Å². The average molecular weight is 276 g/mol. The maximum Gasteiger partial charge on any atom is 0.303 e. The van der Waals surface area contributed by atoms with Crippen LogP contribution in [0.5, 0.6) is 0 Å². The molecule has 0 aliphatic carbocycles. The molecule has 1 N–H and O–H groups in total. The van der Waals surface area contributed by atoms with Crippen molar-refractivity contribution in [3.05, 3.63) is 35.9 Å². The molecule has 4 nitrogen and oxygen atoms in total. The zero-order valence-electron chi connectivity index (χ0n) is 12.0. The minimum atomic E-state index is -0.688. The molecule has 1 aliphatic heterocycles. The van der Waals surface area contributed by atoms with E-state index in [-0.39, 0.29) is 6.42 Å². The van der Waals surface area contributed by atoms with Crippen molar-refractivity contribution in [2.75, 3.05) is 39.3 Å². The number of carboxylic acids is 1. The Morgan fingerprint density at radius 1 is 1.00 bits per heavy atom. The molecular formula is C16H24N2O2. The summed E-state index contributed by atoms with van der Waals surface area (Å²) < 4.78 is 0. The van der Waals surface area contributed by atoms with Crippen molar-refractivity contribution in [2.45, 2.75) is 19.3 Å². The molecule has 110 valence electrons.